The molecule has 0 unspecified atom stereocenters. The van der Waals surface area contributed by atoms with Crippen LogP contribution in [0.5, 0.6) is 0 Å². The van der Waals surface area contributed by atoms with Gasteiger partial charge in [-0.1, -0.05) is 11.8 Å². The van der Waals surface area contributed by atoms with E-state index < -0.39 is 0 Å². The van der Waals surface area contributed by atoms with Crippen LogP contribution in [-0.2, 0) is 0 Å². The Morgan fingerprint density at radius 3 is 3.29 bits per heavy atom. The predicted molar refractivity (Wildman–Crippen MR) is 54.7 cm³/mol. The van der Waals surface area contributed by atoms with Crippen molar-refractivity contribution in [3.05, 3.63) is 30.1 Å². The van der Waals surface area contributed by atoms with Crippen molar-refractivity contribution >= 4 is 11.0 Å². The van der Waals surface area contributed by atoms with Crippen LogP contribution >= 0.6 is 0 Å². The zero-order valence-electron chi connectivity index (χ0n) is 7.62. The number of aromatic amines is 1. The van der Waals surface area contributed by atoms with Crippen LogP contribution < -0.4 is 0 Å². The molecule has 70 valence electrons. The highest BCUT2D eigenvalue weighted by atomic mass is 16.2. The van der Waals surface area contributed by atoms with Gasteiger partial charge in [-0.15, -0.1) is 0 Å². The molecule has 0 aromatic carbocycles. The number of pyridine rings is 1. The molecule has 2 rings (SSSR count). The number of hydrogen-bond donors (Lipinski definition) is 2. The molecule has 0 aliphatic rings. The van der Waals surface area contributed by atoms with E-state index in [-0.39, 0.29) is 6.61 Å². The third-order valence-electron chi connectivity index (χ3n) is 1.87. The molecular formula is C11H10N2O. The number of aliphatic hydroxyl groups excluding tert-OH is 1. The molecular weight excluding hydrogens is 176 g/mol. The number of aliphatic hydroxyl groups is 1. The van der Waals surface area contributed by atoms with E-state index in [0.29, 0.717) is 6.42 Å². The van der Waals surface area contributed by atoms with Gasteiger partial charge in [0, 0.05) is 29.8 Å². The molecule has 0 amide bonds. The van der Waals surface area contributed by atoms with Crippen molar-refractivity contribution in [1.29, 1.82) is 0 Å². The highest BCUT2D eigenvalue weighted by Crippen LogP contribution is 2.10. The molecule has 0 fully saturated rings. The van der Waals surface area contributed by atoms with Crippen molar-refractivity contribution in [2.75, 3.05) is 6.61 Å². The minimum absolute atomic E-state index is 0.104. The van der Waals surface area contributed by atoms with Crippen LogP contribution in [0.15, 0.2) is 24.5 Å². The fourth-order valence-electron chi connectivity index (χ4n) is 1.23. The minimum Gasteiger partial charge on any atom is -0.395 e. The Labute approximate surface area is 81.8 Å². The Morgan fingerprint density at radius 1 is 1.50 bits per heavy atom. The van der Waals surface area contributed by atoms with Gasteiger partial charge < -0.3 is 10.1 Å². The predicted octanol–water partition coefficient (Wildman–Crippen LogP) is 1.30. The van der Waals surface area contributed by atoms with Crippen LogP contribution in [-0.4, -0.2) is 21.7 Å². The maximum Gasteiger partial charge on any atom is 0.137 e. The summed E-state index contributed by atoms with van der Waals surface area (Å²) in [7, 11) is 0. The van der Waals surface area contributed by atoms with E-state index >= 15 is 0 Å². The van der Waals surface area contributed by atoms with Crippen LogP contribution in [0.4, 0.5) is 0 Å². The highest BCUT2D eigenvalue weighted by molar-refractivity contribution is 5.76. The van der Waals surface area contributed by atoms with E-state index in [1.807, 2.05) is 18.3 Å². The summed E-state index contributed by atoms with van der Waals surface area (Å²) in [4.78, 5) is 7.21. The van der Waals surface area contributed by atoms with Crippen molar-refractivity contribution in [1.82, 2.24) is 9.97 Å². The van der Waals surface area contributed by atoms with E-state index in [9.17, 15) is 0 Å². The average molecular weight is 186 g/mol. The third kappa shape index (κ3) is 1.76. The summed E-state index contributed by atoms with van der Waals surface area (Å²) >= 11 is 0. The standard InChI is InChI=1S/C11H10N2O/c14-6-2-1-3-9-7-10-4-5-12-11(10)13-8-9/h4-5,7-8,14H,2,6H2,(H,12,13). The van der Waals surface area contributed by atoms with Crippen LogP contribution in [0.25, 0.3) is 11.0 Å². The zero-order valence-corrected chi connectivity index (χ0v) is 7.62. The molecule has 3 nitrogen and oxygen atoms in total. The summed E-state index contributed by atoms with van der Waals surface area (Å²) in [6.45, 7) is 0.104. The van der Waals surface area contributed by atoms with Gasteiger partial charge in [0.1, 0.15) is 5.65 Å². The molecule has 2 N–H and O–H groups in total. The molecule has 2 aromatic rings. The van der Waals surface area contributed by atoms with E-state index in [2.05, 4.69) is 21.8 Å². The van der Waals surface area contributed by atoms with E-state index in [1.165, 1.54) is 0 Å². The van der Waals surface area contributed by atoms with Gasteiger partial charge in [0.2, 0.25) is 0 Å². The smallest absolute Gasteiger partial charge is 0.137 e. The molecule has 14 heavy (non-hydrogen) atoms. The van der Waals surface area contributed by atoms with Crippen LogP contribution in [0.2, 0.25) is 0 Å². The zero-order chi connectivity index (χ0) is 9.80. The number of nitrogens with zero attached hydrogens (tertiary/aromatic N) is 1. The molecule has 0 aliphatic carbocycles. The van der Waals surface area contributed by atoms with Gasteiger partial charge in [-0.05, 0) is 12.1 Å². The SMILES string of the molecule is OCCC#Cc1cnc2[nH]ccc2c1. The fraction of sp³-hybridized carbons (Fsp3) is 0.182. The highest BCUT2D eigenvalue weighted by Gasteiger charge is 1.94. The Morgan fingerprint density at radius 2 is 2.43 bits per heavy atom. The molecule has 2 aromatic heterocycles. The second-order valence-electron chi connectivity index (χ2n) is 2.91. The number of nitrogens with one attached hydrogen (secondary N) is 1. The van der Waals surface area contributed by atoms with Crippen molar-refractivity contribution < 1.29 is 5.11 Å². The average Bonchev–Trinajstić information content (AvgIpc) is 2.65. The molecule has 0 spiro atoms. The second-order valence-corrected chi connectivity index (χ2v) is 2.91. The quantitative estimate of drug-likeness (QED) is 0.659. The van der Waals surface area contributed by atoms with Crippen molar-refractivity contribution in [3.63, 3.8) is 0 Å². The van der Waals surface area contributed by atoms with Gasteiger partial charge in [0.05, 0.1) is 6.61 Å². The van der Waals surface area contributed by atoms with Crippen LogP contribution in [0.1, 0.15) is 12.0 Å². The van der Waals surface area contributed by atoms with Crippen LogP contribution in [0.3, 0.4) is 0 Å². The van der Waals surface area contributed by atoms with Gasteiger partial charge >= 0.3 is 0 Å². The number of fused-ring (bicyclic) bond motifs is 1. The molecule has 0 aliphatic heterocycles. The Hall–Kier alpha value is -1.79. The Balaban J connectivity index is 2.31. The Bertz CT molecular complexity index is 490. The van der Waals surface area contributed by atoms with Gasteiger partial charge in [0.15, 0.2) is 0 Å². The summed E-state index contributed by atoms with van der Waals surface area (Å²) in [6, 6.07) is 3.93. The molecule has 0 bridgehead atoms. The normalized spacial score (nSPS) is 9.79. The summed E-state index contributed by atoms with van der Waals surface area (Å²) in [5.74, 6) is 5.80. The molecule has 2 heterocycles. The van der Waals surface area contributed by atoms with Crippen LogP contribution in [0, 0.1) is 11.8 Å². The Kier molecular flexibility index (Phi) is 2.48. The molecule has 0 saturated carbocycles. The summed E-state index contributed by atoms with van der Waals surface area (Å²) in [5.41, 5.74) is 1.75. The first-order chi connectivity index (χ1) is 6.90. The molecule has 3 heteroatoms. The number of aromatic nitrogens is 2. The molecule has 0 atom stereocenters. The number of H-pyrrole nitrogens is 1. The monoisotopic (exact) mass is 186 g/mol. The molecule has 0 radical (unpaired) electrons. The van der Waals surface area contributed by atoms with Gasteiger partial charge in [-0.25, -0.2) is 4.98 Å². The minimum atomic E-state index is 0.104. The largest absolute Gasteiger partial charge is 0.395 e. The van der Waals surface area contributed by atoms with E-state index in [0.717, 1.165) is 16.6 Å². The lowest BCUT2D eigenvalue weighted by atomic mass is 10.2. The first-order valence-corrected chi connectivity index (χ1v) is 4.43. The summed E-state index contributed by atoms with van der Waals surface area (Å²) in [5, 5.41) is 9.62. The van der Waals surface area contributed by atoms with Gasteiger partial charge in [-0.2, -0.15) is 0 Å². The van der Waals surface area contributed by atoms with E-state index in [4.69, 9.17) is 5.11 Å². The lowest BCUT2D eigenvalue weighted by Crippen LogP contribution is -1.81. The third-order valence-corrected chi connectivity index (χ3v) is 1.87. The summed E-state index contributed by atoms with van der Waals surface area (Å²) < 4.78 is 0. The second kappa shape index (κ2) is 3.95. The van der Waals surface area contributed by atoms with Gasteiger partial charge in [-0.3, -0.25) is 0 Å². The lowest BCUT2D eigenvalue weighted by Gasteiger charge is -1.90. The first kappa shape index (κ1) is 8.79. The maximum atomic E-state index is 8.56. The number of rotatable bonds is 1. The first-order valence-electron chi connectivity index (χ1n) is 4.43. The molecule has 0 saturated heterocycles. The number of hydrogen-bond acceptors (Lipinski definition) is 2. The van der Waals surface area contributed by atoms with Crippen molar-refractivity contribution in [3.8, 4) is 11.8 Å². The van der Waals surface area contributed by atoms with Crippen molar-refractivity contribution in [2.24, 2.45) is 0 Å². The van der Waals surface area contributed by atoms with Gasteiger partial charge in [0.25, 0.3) is 0 Å². The van der Waals surface area contributed by atoms with E-state index in [1.54, 1.807) is 6.20 Å². The van der Waals surface area contributed by atoms with Crippen molar-refractivity contribution in [2.45, 2.75) is 6.42 Å². The lowest BCUT2D eigenvalue weighted by molar-refractivity contribution is 0.305. The maximum absolute atomic E-state index is 8.56. The fourth-order valence-corrected chi connectivity index (χ4v) is 1.23. The summed E-state index contributed by atoms with van der Waals surface area (Å²) in [6.07, 6.45) is 4.08. The topological polar surface area (TPSA) is 48.9 Å².